The summed E-state index contributed by atoms with van der Waals surface area (Å²) in [5.74, 6) is 0.970. The maximum absolute atomic E-state index is 14.2. The lowest BCUT2D eigenvalue weighted by molar-refractivity contribution is 0.0746. The predicted octanol–water partition coefficient (Wildman–Crippen LogP) is 6.06. The van der Waals surface area contributed by atoms with E-state index in [0.29, 0.717) is 65.6 Å². The lowest BCUT2D eigenvalue weighted by Gasteiger charge is -2.36. The third-order valence-electron chi connectivity index (χ3n) is 6.76. The van der Waals surface area contributed by atoms with E-state index in [1.807, 2.05) is 44.7 Å². The van der Waals surface area contributed by atoms with Crippen molar-refractivity contribution in [1.82, 2.24) is 19.7 Å². The fourth-order valence-electron chi connectivity index (χ4n) is 4.73. The number of carbonyl (C=O) groups is 1. The molecule has 40 heavy (non-hydrogen) atoms. The molecule has 0 saturated carbocycles. The quantitative estimate of drug-likeness (QED) is 0.227. The van der Waals surface area contributed by atoms with Gasteiger partial charge in [-0.3, -0.25) is 9.36 Å². The lowest BCUT2D eigenvalue weighted by Crippen LogP contribution is -2.49. The molecule has 202 valence electrons. The molecule has 7 nitrogen and oxygen atoms in total. The fraction of sp³-hybridized carbons (Fsp3) is 0.167. The molecule has 1 fully saturated rings. The number of anilines is 1. The summed E-state index contributed by atoms with van der Waals surface area (Å²) in [6.07, 6.45) is 1.56. The highest BCUT2D eigenvalue weighted by atomic mass is 32.2. The van der Waals surface area contributed by atoms with Crippen molar-refractivity contribution in [2.75, 3.05) is 31.1 Å². The highest BCUT2D eigenvalue weighted by Crippen LogP contribution is 2.30. The topological polar surface area (TPSA) is 67.4 Å². The molecular weight excluding hydrogens is 532 g/mol. The Morgan fingerprint density at radius 2 is 1.68 bits per heavy atom. The average Bonchev–Trinajstić information content (AvgIpc) is 3.67. The Hall–Kier alpha value is -4.44. The van der Waals surface area contributed by atoms with Crippen LogP contribution >= 0.6 is 11.8 Å². The zero-order valence-electron chi connectivity index (χ0n) is 21.4. The molecule has 0 radical (unpaired) electrons. The number of amides is 1. The first kappa shape index (κ1) is 25.8. The van der Waals surface area contributed by atoms with E-state index >= 15 is 0 Å². The molecular formula is C30H25F2N5O2S. The van der Waals surface area contributed by atoms with Crippen LogP contribution in [-0.2, 0) is 5.75 Å². The number of aromatic nitrogens is 3. The molecule has 1 aliphatic heterocycles. The van der Waals surface area contributed by atoms with Gasteiger partial charge in [-0.25, -0.2) is 8.78 Å². The zero-order chi connectivity index (χ0) is 27.5. The van der Waals surface area contributed by atoms with Gasteiger partial charge in [0.15, 0.2) is 10.9 Å². The SMILES string of the molecule is O=C(c1cccc(CSc2nnc(-c3ccco3)n2-c2ccc(F)cc2)c1)N1CCN(c2ccccc2F)CC1. The Kier molecular flexibility index (Phi) is 7.33. The Labute approximate surface area is 234 Å². The summed E-state index contributed by atoms with van der Waals surface area (Å²) in [4.78, 5) is 17.1. The van der Waals surface area contributed by atoms with Crippen LogP contribution in [0.25, 0.3) is 17.3 Å². The number of rotatable bonds is 7. The van der Waals surface area contributed by atoms with E-state index in [4.69, 9.17) is 4.42 Å². The number of carbonyl (C=O) groups excluding carboxylic acids is 1. The molecule has 0 bridgehead atoms. The summed E-state index contributed by atoms with van der Waals surface area (Å²) in [6, 6.07) is 23.9. The molecule has 0 N–H and O–H groups in total. The van der Waals surface area contributed by atoms with Gasteiger partial charge in [-0.1, -0.05) is 36.0 Å². The lowest BCUT2D eigenvalue weighted by atomic mass is 10.1. The van der Waals surface area contributed by atoms with Gasteiger partial charge in [-0.05, 0) is 66.2 Å². The normalized spacial score (nSPS) is 13.6. The van der Waals surface area contributed by atoms with Crippen LogP contribution < -0.4 is 4.90 Å². The molecule has 6 rings (SSSR count). The van der Waals surface area contributed by atoms with E-state index in [2.05, 4.69) is 10.2 Å². The van der Waals surface area contributed by atoms with Crippen molar-refractivity contribution in [2.45, 2.75) is 10.9 Å². The molecule has 2 aromatic heterocycles. The monoisotopic (exact) mass is 557 g/mol. The van der Waals surface area contributed by atoms with E-state index < -0.39 is 0 Å². The molecule has 0 spiro atoms. The second kappa shape index (κ2) is 11.4. The van der Waals surface area contributed by atoms with Gasteiger partial charge in [0.05, 0.1) is 17.6 Å². The minimum Gasteiger partial charge on any atom is -0.461 e. The van der Waals surface area contributed by atoms with Crippen LogP contribution in [0.3, 0.4) is 0 Å². The standard InChI is InChI=1S/C30H25F2N5O2S/c31-23-10-12-24(13-11-23)37-28(27-9-4-18-39-27)33-34-30(37)40-20-21-5-3-6-22(19-21)29(38)36-16-14-35(15-17-36)26-8-2-1-7-25(26)32/h1-13,18-19H,14-17,20H2. The van der Waals surface area contributed by atoms with E-state index in [1.54, 1.807) is 42.7 Å². The number of halogens is 2. The van der Waals surface area contributed by atoms with Crippen LogP contribution in [0, 0.1) is 11.6 Å². The summed E-state index contributed by atoms with van der Waals surface area (Å²) in [5.41, 5.74) is 2.83. The fourth-order valence-corrected chi connectivity index (χ4v) is 5.63. The number of furan rings is 1. The molecule has 1 aliphatic rings. The first-order valence-corrected chi connectivity index (χ1v) is 13.8. The van der Waals surface area contributed by atoms with Crippen molar-refractivity contribution in [3.63, 3.8) is 0 Å². The third kappa shape index (κ3) is 5.35. The summed E-state index contributed by atoms with van der Waals surface area (Å²) < 4.78 is 35.2. The van der Waals surface area contributed by atoms with Crippen LogP contribution in [0.1, 0.15) is 15.9 Å². The van der Waals surface area contributed by atoms with E-state index in [9.17, 15) is 13.6 Å². The Balaban J connectivity index is 1.16. The van der Waals surface area contributed by atoms with Gasteiger partial charge in [-0.2, -0.15) is 0 Å². The third-order valence-corrected chi connectivity index (χ3v) is 7.76. The number of hydrogen-bond acceptors (Lipinski definition) is 6. The molecule has 0 unspecified atom stereocenters. The van der Waals surface area contributed by atoms with Crippen molar-refractivity contribution >= 4 is 23.4 Å². The van der Waals surface area contributed by atoms with Crippen molar-refractivity contribution < 1.29 is 18.0 Å². The number of para-hydroxylation sites is 1. The Morgan fingerprint density at radius 1 is 0.875 bits per heavy atom. The molecule has 0 aliphatic carbocycles. The van der Waals surface area contributed by atoms with Gasteiger partial charge < -0.3 is 14.2 Å². The van der Waals surface area contributed by atoms with Crippen molar-refractivity contribution in [3.8, 4) is 17.3 Å². The minimum atomic E-state index is -0.333. The summed E-state index contributed by atoms with van der Waals surface area (Å²) in [7, 11) is 0. The van der Waals surface area contributed by atoms with Crippen molar-refractivity contribution in [1.29, 1.82) is 0 Å². The number of nitrogens with zero attached hydrogens (tertiary/aromatic N) is 5. The van der Waals surface area contributed by atoms with Gasteiger partial charge >= 0.3 is 0 Å². The van der Waals surface area contributed by atoms with Crippen LogP contribution in [0.4, 0.5) is 14.5 Å². The van der Waals surface area contributed by atoms with Crippen LogP contribution in [0.15, 0.2) is 101 Å². The summed E-state index contributed by atoms with van der Waals surface area (Å²) in [5, 5.41) is 9.31. The van der Waals surface area contributed by atoms with Gasteiger partial charge in [-0.15, -0.1) is 10.2 Å². The maximum Gasteiger partial charge on any atom is 0.253 e. The second-order valence-electron chi connectivity index (χ2n) is 9.32. The smallest absolute Gasteiger partial charge is 0.253 e. The number of thioether (sulfide) groups is 1. The number of benzene rings is 3. The number of hydrogen-bond donors (Lipinski definition) is 0. The molecule has 3 aromatic carbocycles. The number of piperazine rings is 1. The van der Waals surface area contributed by atoms with Crippen LogP contribution in [-0.4, -0.2) is 51.8 Å². The van der Waals surface area contributed by atoms with E-state index in [-0.39, 0.29) is 17.5 Å². The van der Waals surface area contributed by atoms with Crippen LogP contribution in [0.2, 0.25) is 0 Å². The molecule has 3 heterocycles. The zero-order valence-corrected chi connectivity index (χ0v) is 22.2. The summed E-state index contributed by atoms with van der Waals surface area (Å²) in [6.45, 7) is 2.17. The first-order chi connectivity index (χ1) is 19.6. The molecule has 5 aromatic rings. The molecule has 10 heteroatoms. The van der Waals surface area contributed by atoms with E-state index in [1.165, 1.54) is 30.0 Å². The van der Waals surface area contributed by atoms with E-state index in [0.717, 1.165) is 5.56 Å². The largest absolute Gasteiger partial charge is 0.461 e. The Morgan fingerprint density at radius 3 is 2.42 bits per heavy atom. The maximum atomic E-state index is 14.2. The van der Waals surface area contributed by atoms with Crippen LogP contribution in [0.5, 0.6) is 0 Å². The molecule has 1 amide bonds. The van der Waals surface area contributed by atoms with Gasteiger partial charge in [0.25, 0.3) is 5.91 Å². The average molecular weight is 558 g/mol. The van der Waals surface area contributed by atoms with Gasteiger partial charge in [0.1, 0.15) is 11.6 Å². The van der Waals surface area contributed by atoms with Gasteiger partial charge in [0, 0.05) is 37.5 Å². The Bertz CT molecular complexity index is 1610. The minimum absolute atomic E-state index is 0.0466. The predicted molar refractivity (Wildman–Crippen MR) is 150 cm³/mol. The van der Waals surface area contributed by atoms with Gasteiger partial charge in [0.2, 0.25) is 5.82 Å². The highest BCUT2D eigenvalue weighted by Gasteiger charge is 2.24. The molecule has 1 saturated heterocycles. The van der Waals surface area contributed by atoms with Crippen molar-refractivity contribution in [3.05, 3.63) is 114 Å². The summed E-state index contributed by atoms with van der Waals surface area (Å²) >= 11 is 1.46. The van der Waals surface area contributed by atoms with Crippen molar-refractivity contribution in [2.24, 2.45) is 0 Å². The highest BCUT2D eigenvalue weighted by molar-refractivity contribution is 7.98. The first-order valence-electron chi connectivity index (χ1n) is 12.8. The second-order valence-corrected chi connectivity index (χ2v) is 10.3. The molecule has 0 atom stereocenters.